The lowest BCUT2D eigenvalue weighted by atomic mass is 9.80. The van der Waals surface area contributed by atoms with Gasteiger partial charge >= 0.3 is 0 Å². The minimum absolute atomic E-state index is 0.142. The van der Waals surface area contributed by atoms with E-state index in [-0.39, 0.29) is 5.41 Å². The molecule has 0 aromatic rings. The van der Waals surface area contributed by atoms with Gasteiger partial charge in [0.25, 0.3) is 0 Å². The van der Waals surface area contributed by atoms with Gasteiger partial charge in [-0.3, -0.25) is 4.79 Å². The van der Waals surface area contributed by atoms with E-state index >= 15 is 0 Å². The van der Waals surface area contributed by atoms with Gasteiger partial charge in [0.2, 0.25) is 0 Å². The first kappa shape index (κ1) is 11.4. The van der Waals surface area contributed by atoms with Gasteiger partial charge in [0.05, 0.1) is 0 Å². The Hall–Kier alpha value is -0.590. The van der Waals surface area contributed by atoms with Crippen molar-refractivity contribution in [1.29, 1.82) is 0 Å². The second kappa shape index (κ2) is 4.44. The van der Waals surface area contributed by atoms with E-state index in [1.807, 2.05) is 6.92 Å². The summed E-state index contributed by atoms with van der Waals surface area (Å²) in [7, 11) is 0. The molecule has 0 aliphatic heterocycles. The van der Waals surface area contributed by atoms with Crippen molar-refractivity contribution in [3.05, 3.63) is 11.6 Å². The quantitative estimate of drug-likeness (QED) is 0.588. The third-order valence-corrected chi connectivity index (χ3v) is 2.59. The molecule has 0 saturated heterocycles. The first-order chi connectivity index (χ1) is 5.42. The molecule has 0 fully saturated rings. The Morgan fingerprint density at radius 3 is 2.08 bits per heavy atom. The molecule has 0 bridgehead atoms. The first-order valence-corrected chi connectivity index (χ1v) is 4.57. The number of Topliss-reactive ketones (excluding diaryl/α,β-unsaturated/α-hetero) is 1. The van der Waals surface area contributed by atoms with Crippen molar-refractivity contribution in [2.75, 3.05) is 0 Å². The van der Waals surface area contributed by atoms with Gasteiger partial charge in [-0.25, -0.2) is 0 Å². The Bertz CT molecular complexity index is 187. The van der Waals surface area contributed by atoms with Gasteiger partial charge in [-0.1, -0.05) is 25.5 Å². The van der Waals surface area contributed by atoms with E-state index in [4.69, 9.17) is 0 Å². The maximum absolute atomic E-state index is 11.3. The number of carbonyl (C=O) groups is 1. The molecule has 0 unspecified atom stereocenters. The summed E-state index contributed by atoms with van der Waals surface area (Å²) in [4.78, 5) is 11.3. The van der Waals surface area contributed by atoms with E-state index in [1.165, 1.54) is 5.57 Å². The summed E-state index contributed by atoms with van der Waals surface area (Å²) in [5.41, 5.74) is 1.15. The first-order valence-electron chi connectivity index (χ1n) is 4.57. The Labute approximate surface area is 75.9 Å². The molecule has 0 spiro atoms. The van der Waals surface area contributed by atoms with Crippen molar-refractivity contribution >= 4 is 5.78 Å². The standard InChI is InChI=1S/C11H20O/c1-6-11(5,10(4)12)8-7-9(2)3/h7H,6,8H2,1-5H3/t11-/m1/s1. The van der Waals surface area contributed by atoms with Crippen LogP contribution >= 0.6 is 0 Å². The van der Waals surface area contributed by atoms with Crippen molar-refractivity contribution in [3.63, 3.8) is 0 Å². The van der Waals surface area contributed by atoms with Gasteiger partial charge in [0.15, 0.2) is 0 Å². The molecule has 12 heavy (non-hydrogen) atoms. The molecule has 1 nitrogen and oxygen atoms in total. The van der Waals surface area contributed by atoms with Gasteiger partial charge in [0, 0.05) is 5.41 Å². The van der Waals surface area contributed by atoms with Crippen molar-refractivity contribution < 1.29 is 4.79 Å². The molecule has 70 valence electrons. The summed E-state index contributed by atoms with van der Waals surface area (Å²) >= 11 is 0. The Balaban J connectivity index is 4.35. The van der Waals surface area contributed by atoms with Crippen LogP contribution in [-0.4, -0.2) is 5.78 Å². The van der Waals surface area contributed by atoms with Crippen molar-refractivity contribution in [3.8, 4) is 0 Å². The zero-order chi connectivity index (χ0) is 9.78. The van der Waals surface area contributed by atoms with Crippen molar-refractivity contribution in [2.45, 2.75) is 47.5 Å². The number of allylic oxidation sites excluding steroid dienone is 2. The third kappa shape index (κ3) is 3.21. The molecule has 1 heteroatoms. The number of ketones is 1. The minimum atomic E-state index is -0.142. The monoisotopic (exact) mass is 168 g/mol. The Morgan fingerprint density at radius 2 is 1.83 bits per heavy atom. The molecule has 0 radical (unpaired) electrons. The highest BCUT2D eigenvalue weighted by atomic mass is 16.1. The van der Waals surface area contributed by atoms with Crippen LogP contribution in [0.3, 0.4) is 0 Å². The molecule has 0 aromatic heterocycles. The molecular weight excluding hydrogens is 148 g/mol. The summed E-state index contributed by atoms with van der Waals surface area (Å²) in [6.07, 6.45) is 3.94. The summed E-state index contributed by atoms with van der Waals surface area (Å²) in [6, 6.07) is 0. The molecule has 0 heterocycles. The van der Waals surface area contributed by atoms with Gasteiger partial charge in [-0.2, -0.15) is 0 Å². The highest BCUT2D eigenvalue weighted by Crippen LogP contribution is 2.27. The van der Waals surface area contributed by atoms with E-state index in [1.54, 1.807) is 6.92 Å². The molecule has 0 saturated carbocycles. The van der Waals surface area contributed by atoms with Crippen LogP contribution in [0.2, 0.25) is 0 Å². The number of carbonyl (C=O) groups excluding carboxylic acids is 1. The number of hydrogen-bond acceptors (Lipinski definition) is 1. The summed E-state index contributed by atoms with van der Waals surface area (Å²) in [5.74, 6) is 0.294. The number of hydrogen-bond donors (Lipinski definition) is 0. The highest BCUT2D eigenvalue weighted by Gasteiger charge is 2.25. The lowest BCUT2D eigenvalue weighted by molar-refractivity contribution is -0.125. The fraction of sp³-hybridized carbons (Fsp3) is 0.727. The van der Waals surface area contributed by atoms with Gasteiger partial charge in [-0.15, -0.1) is 0 Å². The van der Waals surface area contributed by atoms with E-state index in [2.05, 4.69) is 26.8 Å². The summed E-state index contributed by atoms with van der Waals surface area (Å²) in [6.45, 7) is 9.92. The van der Waals surface area contributed by atoms with E-state index in [0.29, 0.717) is 5.78 Å². The van der Waals surface area contributed by atoms with Crippen molar-refractivity contribution in [1.82, 2.24) is 0 Å². The van der Waals surface area contributed by atoms with Crippen LogP contribution in [0.5, 0.6) is 0 Å². The van der Waals surface area contributed by atoms with E-state index in [0.717, 1.165) is 12.8 Å². The second-order valence-electron chi connectivity index (χ2n) is 3.96. The predicted molar refractivity (Wildman–Crippen MR) is 53.1 cm³/mol. The normalized spacial score (nSPS) is 15.1. The van der Waals surface area contributed by atoms with Crippen LogP contribution in [0, 0.1) is 5.41 Å². The zero-order valence-electron chi connectivity index (χ0n) is 8.90. The summed E-state index contributed by atoms with van der Waals surface area (Å²) < 4.78 is 0. The van der Waals surface area contributed by atoms with Crippen LogP contribution < -0.4 is 0 Å². The Morgan fingerprint density at radius 1 is 1.33 bits per heavy atom. The lowest BCUT2D eigenvalue weighted by Gasteiger charge is -2.23. The molecule has 0 rings (SSSR count). The van der Waals surface area contributed by atoms with Crippen molar-refractivity contribution in [2.24, 2.45) is 5.41 Å². The van der Waals surface area contributed by atoms with Gasteiger partial charge < -0.3 is 0 Å². The van der Waals surface area contributed by atoms with Crippen LogP contribution in [-0.2, 0) is 4.79 Å². The molecule has 0 aliphatic carbocycles. The molecular formula is C11H20O. The average molecular weight is 168 g/mol. The predicted octanol–water partition coefficient (Wildman–Crippen LogP) is 3.35. The fourth-order valence-electron chi connectivity index (χ4n) is 0.966. The highest BCUT2D eigenvalue weighted by molar-refractivity contribution is 5.82. The van der Waals surface area contributed by atoms with Gasteiger partial charge in [-0.05, 0) is 33.6 Å². The van der Waals surface area contributed by atoms with E-state index in [9.17, 15) is 4.79 Å². The third-order valence-electron chi connectivity index (χ3n) is 2.59. The van der Waals surface area contributed by atoms with Crippen LogP contribution in [0.25, 0.3) is 0 Å². The van der Waals surface area contributed by atoms with Crippen LogP contribution in [0.15, 0.2) is 11.6 Å². The maximum Gasteiger partial charge on any atom is 0.135 e. The number of rotatable bonds is 4. The minimum Gasteiger partial charge on any atom is -0.299 e. The second-order valence-corrected chi connectivity index (χ2v) is 3.96. The largest absolute Gasteiger partial charge is 0.299 e. The zero-order valence-corrected chi connectivity index (χ0v) is 8.90. The molecule has 0 N–H and O–H groups in total. The topological polar surface area (TPSA) is 17.1 Å². The molecule has 0 aromatic carbocycles. The lowest BCUT2D eigenvalue weighted by Crippen LogP contribution is -2.23. The average Bonchev–Trinajstić information content (AvgIpc) is 1.99. The smallest absolute Gasteiger partial charge is 0.135 e. The Kier molecular flexibility index (Phi) is 4.22. The van der Waals surface area contributed by atoms with Crippen LogP contribution in [0.4, 0.5) is 0 Å². The molecule has 0 aliphatic rings. The molecule has 0 amide bonds. The molecule has 1 atom stereocenters. The maximum atomic E-state index is 11.3. The van der Waals surface area contributed by atoms with Crippen LogP contribution in [0.1, 0.15) is 47.5 Å². The summed E-state index contributed by atoms with van der Waals surface area (Å²) in [5, 5.41) is 0. The van der Waals surface area contributed by atoms with Gasteiger partial charge in [0.1, 0.15) is 5.78 Å². The van der Waals surface area contributed by atoms with E-state index < -0.39 is 0 Å². The fourth-order valence-corrected chi connectivity index (χ4v) is 0.966. The SMILES string of the molecule is CC[C@](C)(CC=C(C)C)C(C)=O.